The topological polar surface area (TPSA) is 49.4 Å². The average Bonchev–Trinajstić information content (AvgIpc) is 2.69. The van der Waals surface area contributed by atoms with Crippen LogP contribution in [0.1, 0.15) is 24.8 Å². The minimum atomic E-state index is -0.450. The smallest absolute Gasteiger partial charge is 0.245 e. The summed E-state index contributed by atoms with van der Waals surface area (Å²) in [6.45, 7) is 3.71. The van der Waals surface area contributed by atoms with Crippen LogP contribution in [0, 0.1) is 0 Å². The molecule has 2 unspecified atom stereocenters. The number of nitrogens with zero attached hydrogens (tertiary/aromatic N) is 1. The zero-order valence-electron chi connectivity index (χ0n) is 9.57. The summed E-state index contributed by atoms with van der Waals surface area (Å²) >= 11 is 7.31. The summed E-state index contributed by atoms with van der Waals surface area (Å²) in [6, 6.07) is 3.13. The number of nitrogens with one attached hydrogen (secondary N) is 1. The van der Waals surface area contributed by atoms with Crippen molar-refractivity contribution in [1.29, 1.82) is 0 Å². The molecule has 0 aromatic carbocycles. The average molecular weight is 273 g/mol. The number of carbonyl (C=O) groups is 2. The van der Waals surface area contributed by atoms with E-state index in [4.69, 9.17) is 11.6 Å². The molecule has 1 aromatic rings. The van der Waals surface area contributed by atoms with Gasteiger partial charge in [-0.2, -0.15) is 0 Å². The molecule has 0 aliphatic carbocycles. The number of amides is 2. The van der Waals surface area contributed by atoms with Gasteiger partial charge in [0.25, 0.3) is 0 Å². The van der Waals surface area contributed by atoms with Gasteiger partial charge in [0.2, 0.25) is 11.8 Å². The van der Waals surface area contributed by atoms with Gasteiger partial charge in [-0.15, -0.1) is 11.3 Å². The van der Waals surface area contributed by atoms with Crippen LogP contribution in [0.4, 0.5) is 0 Å². The van der Waals surface area contributed by atoms with Crippen molar-refractivity contribution in [2.75, 3.05) is 6.54 Å². The van der Waals surface area contributed by atoms with Crippen molar-refractivity contribution < 1.29 is 9.59 Å². The zero-order valence-corrected chi connectivity index (χ0v) is 11.1. The van der Waals surface area contributed by atoms with Gasteiger partial charge in [-0.25, -0.2) is 0 Å². The predicted molar refractivity (Wildman–Crippen MR) is 67.1 cm³/mol. The van der Waals surface area contributed by atoms with Crippen LogP contribution in [-0.2, 0) is 9.59 Å². The Bertz CT molecular complexity index is 460. The van der Waals surface area contributed by atoms with Crippen LogP contribution in [0.15, 0.2) is 12.1 Å². The first kappa shape index (κ1) is 12.4. The van der Waals surface area contributed by atoms with Crippen LogP contribution in [0.2, 0.25) is 4.34 Å². The maximum absolute atomic E-state index is 12.0. The molecule has 4 nitrogen and oxygen atoms in total. The van der Waals surface area contributed by atoms with Gasteiger partial charge in [0.05, 0.1) is 10.4 Å². The molecule has 0 bridgehead atoms. The summed E-state index contributed by atoms with van der Waals surface area (Å²) in [4.78, 5) is 26.0. The fourth-order valence-electron chi connectivity index (χ4n) is 1.86. The maximum Gasteiger partial charge on any atom is 0.245 e. The monoisotopic (exact) mass is 272 g/mol. The Hall–Kier alpha value is -1.07. The van der Waals surface area contributed by atoms with Gasteiger partial charge in [0.1, 0.15) is 12.6 Å². The second kappa shape index (κ2) is 4.66. The lowest BCUT2D eigenvalue weighted by Crippen LogP contribution is -2.57. The first-order chi connectivity index (χ1) is 7.99. The Balaban J connectivity index is 2.20. The maximum atomic E-state index is 12.0. The number of hydrogen-bond donors (Lipinski definition) is 1. The number of thiophene rings is 1. The van der Waals surface area contributed by atoms with Gasteiger partial charge in [-0.1, -0.05) is 11.6 Å². The highest BCUT2D eigenvalue weighted by atomic mass is 35.5. The predicted octanol–water partition coefficient (Wildman–Crippen LogP) is 1.81. The van der Waals surface area contributed by atoms with Crippen LogP contribution in [-0.4, -0.2) is 29.3 Å². The highest BCUT2D eigenvalue weighted by Crippen LogP contribution is 2.31. The minimum Gasteiger partial charge on any atom is -0.343 e. The lowest BCUT2D eigenvalue weighted by molar-refractivity contribution is -0.145. The van der Waals surface area contributed by atoms with Gasteiger partial charge in [-0.3, -0.25) is 9.59 Å². The first-order valence-electron chi connectivity index (χ1n) is 5.34. The van der Waals surface area contributed by atoms with Crippen LogP contribution in [0.3, 0.4) is 0 Å². The van der Waals surface area contributed by atoms with Gasteiger partial charge in [0, 0.05) is 4.88 Å². The molecule has 1 N–H and O–H groups in total. The van der Waals surface area contributed by atoms with Gasteiger partial charge >= 0.3 is 0 Å². The molecule has 1 aliphatic rings. The van der Waals surface area contributed by atoms with Crippen molar-refractivity contribution in [2.45, 2.75) is 25.9 Å². The quantitative estimate of drug-likeness (QED) is 0.893. The first-order valence-corrected chi connectivity index (χ1v) is 6.53. The van der Waals surface area contributed by atoms with E-state index in [1.807, 2.05) is 13.0 Å². The Kier molecular flexibility index (Phi) is 3.40. The Morgan fingerprint density at radius 1 is 1.53 bits per heavy atom. The van der Waals surface area contributed by atoms with E-state index in [0.29, 0.717) is 4.34 Å². The third kappa shape index (κ3) is 2.45. The van der Waals surface area contributed by atoms with Gasteiger partial charge in [-0.05, 0) is 26.0 Å². The Morgan fingerprint density at radius 2 is 2.24 bits per heavy atom. The van der Waals surface area contributed by atoms with E-state index < -0.39 is 6.04 Å². The molecule has 1 saturated heterocycles. The summed E-state index contributed by atoms with van der Waals surface area (Å²) in [6.07, 6.45) is 0. The molecule has 2 amide bonds. The number of halogens is 1. The number of hydrogen-bond acceptors (Lipinski definition) is 3. The van der Waals surface area contributed by atoms with Crippen LogP contribution < -0.4 is 5.32 Å². The molecular formula is C11H13ClN2O2S. The van der Waals surface area contributed by atoms with Crippen molar-refractivity contribution in [3.8, 4) is 0 Å². The third-order valence-electron chi connectivity index (χ3n) is 2.82. The molecule has 0 saturated carbocycles. The highest BCUT2D eigenvalue weighted by molar-refractivity contribution is 7.16. The number of piperazine rings is 1. The van der Waals surface area contributed by atoms with Crippen LogP contribution in [0.5, 0.6) is 0 Å². The summed E-state index contributed by atoms with van der Waals surface area (Å²) in [5, 5.41) is 2.62. The van der Waals surface area contributed by atoms with E-state index in [9.17, 15) is 9.59 Å². The minimum absolute atomic E-state index is 0.0541. The zero-order chi connectivity index (χ0) is 12.6. The van der Waals surface area contributed by atoms with Crippen molar-refractivity contribution in [1.82, 2.24) is 10.2 Å². The molecule has 0 spiro atoms. The molecule has 0 radical (unpaired) electrons. The van der Waals surface area contributed by atoms with E-state index in [-0.39, 0.29) is 24.4 Å². The van der Waals surface area contributed by atoms with Gasteiger partial charge < -0.3 is 10.2 Å². The normalized spacial score (nSPS) is 22.5. The summed E-state index contributed by atoms with van der Waals surface area (Å²) in [5.41, 5.74) is 0. The molecule has 6 heteroatoms. The molecule has 1 fully saturated rings. The van der Waals surface area contributed by atoms with E-state index in [1.54, 1.807) is 17.9 Å². The SMILES string of the molecule is CC1NC(=O)CN(C(C)c2ccc(Cl)s2)C1=O. The van der Waals surface area contributed by atoms with Crippen LogP contribution in [0.25, 0.3) is 0 Å². The largest absolute Gasteiger partial charge is 0.343 e. The van der Waals surface area contributed by atoms with Crippen molar-refractivity contribution >= 4 is 34.8 Å². The van der Waals surface area contributed by atoms with E-state index >= 15 is 0 Å². The second-order valence-corrected chi connectivity index (χ2v) is 5.82. The molecule has 2 rings (SSSR count). The number of carbonyl (C=O) groups excluding carboxylic acids is 2. The van der Waals surface area contributed by atoms with Crippen molar-refractivity contribution in [3.05, 3.63) is 21.3 Å². The van der Waals surface area contributed by atoms with E-state index in [0.717, 1.165) is 4.88 Å². The highest BCUT2D eigenvalue weighted by Gasteiger charge is 2.33. The molecule has 92 valence electrons. The fourth-order valence-corrected chi connectivity index (χ4v) is 2.99. The molecular weight excluding hydrogens is 260 g/mol. The summed E-state index contributed by atoms with van der Waals surface area (Å²) < 4.78 is 0.689. The third-order valence-corrected chi connectivity index (χ3v) is 4.22. The molecule has 1 aliphatic heterocycles. The second-order valence-electron chi connectivity index (χ2n) is 4.07. The van der Waals surface area contributed by atoms with Crippen LogP contribution >= 0.6 is 22.9 Å². The van der Waals surface area contributed by atoms with Crippen molar-refractivity contribution in [2.24, 2.45) is 0 Å². The lowest BCUT2D eigenvalue weighted by Gasteiger charge is -2.34. The van der Waals surface area contributed by atoms with Gasteiger partial charge in [0.15, 0.2) is 0 Å². The molecule has 1 aromatic heterocycles. The Labute approximate surface area is 109 Å². The van der Waals surface area contributed by atoms with E-state index in [2.05, 4.69) is 5.32 Å². The Morgan fingerprint density at radius 3 is 2.82 bits per heavy atom. The lowest BCUT2D eigenvalue weighted by atomic mass is 10.1. The number of rotatable bonds is 2. The summed E-state index contributed by atoms with van der Waals surface area (Å²) in [7, 11) is 0. The fraction of sp³-hybridized carbons (Fsp3) is 0.455. The molecule has 2 heterocycles. The molecule has 2 atom stereocenters. The van der Waals surface area contributed by atoms with Crippen molar-refractivity contribution in [3.63, 3.8) is 0 Å². The summed E-state index contributed by atoms with van der Waals surface area (Å²) in [5.74, 6) is -0.173. The standard InChI is InChI=1S/C11H13ClN2O2S/c1-6-11(16)14(5-10(15)13-6)7(2)8-3-4-9(12)17-8/h3-4,6-7H,5H2,1-2H3,(H,13,15). The van der Waals surface area contributed by atoms with E-state index in [1.165, 1.54) is 11.3 Å². The molecule has 17 heavy (non-hydrogen) atoms.